The molecule has 34 valence electrons. The zero-order valence-electron chi connectivity index (χ0n) is 3.52. The van der Waals surface area contributed by atoms with Gasteiger partial charge in [-0.15, -0.1) is 11.3 Å². The van der Waals surface area contributed by atoms with Crippen molar-refractivity contribution in [1.29, 1.82) is 0 Å². The second-order valence-corrected chi connectivity index (χ2v) is 4.15. The van der Waals surface area contributed by atoms with E-state index in [1.807, 2.05) is 12.1 Å². The molecule has 0 amide bonds. The SMILES string of the molecule is [B]c1ccc(I)s1. The fraction of sp³-hybridized carbons (Fsp3) is 0. The van der Waals surface area contributed by atoms with Crippen LogP contribution < -0.4 is 4.78 Å². The van der Waals surface area contributed by atoms with Crippen molar-refractivity contribution in [3.8, 4) is 0 Å². The van der Waals surface area contributed by atoms with E-state index < -0.39 is 0 Å². The Balaban J connectivity index is 3.04. The molecule has 0 atom stereocenters. The predicted molar refractivity (Wildman–Crippen MR) is 42.4 cm³/mol. The lowest BCUT2D eigenvalue weighted by atomic mass is 10.1. The molecule has 0 aliphatic heterocycles. The Morgan fingerprint density at radius 2 is 2.29 bits per heavy atom. The van der Waals surface area contributed by atoms with Crippen LogP contribution >= 0.6 is 33.9 Å². The largest absolute Gasteiger partial charge is 0.146 e. The molecule has 0 unspecified atom stereocenters. The molecule has 0 aromatic carbocycles. The molecule has 0 aliphatic rings. The molecule has 0 spiro atoms. The van der Waals surface area contributed by atoms with Gasteiger partial charge in [0.1, 0.15) is 7.85 Å². The van der Waals surface area contributed by atoms with E-state index in [0.29, 0.717) is 0 Å². The van der Waals surface area contributed by atoms with Crippen molar-refractivity contribution < 1.29 is 0 Å². The number of rotatable bonds is 0. The summed E-state index contributed by atoms with van der Waals surface area (Å²) in [7, 11) is 5.39. The average Bonchev–Trinajstić information content (AvgIpc) is 1.87. The number of thiophene rings is 1. The molecule has 1 aromatic heterocycles. The molecule has 1 rings (SSSR count). The first kappa shape index (κ1) is 5.63. The van der Waals surface area contributed by atoms with E-state index in [2.05, 4.69) is 22.6 Å². The number of hydrogen-bond donors (Lipinski definition) is 0. The Kier molecular flexibility index (Phi) is 1.75. The Morgan fingerprint density at radius 1 is 1.57 bits per heavy atom. The van der Waals surface area contributed by atoms with Crippen molar-refractivity contribution in [3.63, 3.8) is 0 Å². The van der Waals surface area contributed by atoms with Crippen LogP contribution in [0.3, 0.4) is 0 Å². The van der Waals surface area contributed by atoms with Gasteiger partial charge in [-0.25, -0.2) is 0 Å². The molecule has 2 radical (unpaired) electrons. The third kappa shape index (κ3) is 1.46. The molecule has 0 bridgehead atoms. The lowest BCUT2D eigenvalue weighted by molar-refractivity contribution is 1.99. The van der Waals surface area contributed by atoms with Crippen LogP contribution in [0.2, 0.25) is 0 Å². The highest BCUT2D eigenvalue weighted by Gasteiger charge is 1.85. The third-order valence-electron chi connectivity index (χ3n) is 0.594. The van der Waals surface area contributed by atoms with Crippen LogP contribution in [-0.4, -0.2) is 7.85 Å². The molecule has 1 aromatic rings. The van der Waals surface area contributed by atoms with Crippen molar-refractivity contribution in [2.45, 2.75) is 0 Å². The molecular formula is C4H2BIS. The van der Waals surface area contributed by atoms with Gasteiger partial charge in [-0.2, -0.15) is 0 Å². The lowest BCUT2D eigenvalue weighted by Crippen LogP contribution is -1.88. The van der Waals surface area contributed by atoms with Crippen molar-refractivity contribution in [1.82, 2.24) is 0 Å². The first-order valence-corrected chi connectivity index (χ1v) is 3.69. The summed E-state index contributed by atoms with van der Waals surface area (Å²) < 4.78 is 2.14. The Labute approximate surface area is 61.5 Å². The molecule has 0 N–H and O–H groups in total. The van der Waals surface area contributed by atoms with E-state index >= 15 is 0 Å². The average molecular weight is 220 g/mol. The van der Waals surface area contributed by atoms with Crippen molar-refractivity contribution in [2.24, 2.45) is 0 Å². The fourth-order valence-corrected chi connectivity index (χ4v) is 1.77. The van der Waals surface area contributed by atoms with E-state index in [1.165, 1.54) is 2.88 Å². The van der Waals surface area contributed by atoms with Gasteiger partial charge in [-0.05, 0) is 33.4 Å². The van der Waals surface area contributed by atoms with Gasteiger partial charge in [0.2, 0.25) is 0 Å². The summed E-state index contributed by atoms with van der Waals surface area (Å²) >= 11 is 3.85. The summed E-state index contributed by atoms with van der Waals surface area (Å²) in [6, 6.07) is 3.91. The monoisotopic (exact) mass is 220 g/mol. The normalized spacial score (nSPS) is 9.29. The summed E-state index contributed by atoms with van der Waals surface area (Å²) in [5.41, 5.74) is 0. The molecule has 0 fully saturated rings. The highest BCUT2D eigenvalue weighted by Crippen LogP contribution is 2.07. The molecular weight excluding hydrogens is 218 g/mol. The first-order valence-electron chi connectivity index (χ1n) is 1.80. The standard InChI is InChI=1S/C4H2BIS/c5-3-1-2-4(6)7-3/h1-2H. The van der Waals surface area contributed by atoms with E-state index in [9.17, 15) is 0 Å². The van der Waals surface area contributed by atoms with Crippen molar-refractivity contribution >= 4 is 46.6 Å². The molecule has 0 saturated carbocycles. The minimum atomic E-state index is 0.893. The highest BCUT2D eigenvalue weighted by molar-refractivity contribution is 14.1. The second-order valence-electron chi connectivity index (χ2n) is 1.14. The Hall–Kier alpha value is 0.495. The fourth-order valence-electron chi connectivity index (χ4n) is 0.328. The minimum absolute atomic E-state index is 0.893. The molecule has 0 nitrogen and oxygen atoms in total. The summed E-state index contributed by atoms with van der Waals surface area (Å²) in [6.07, 6.45) is 0. The van der Waals surface area contributed by atoms with Crippen LogP contribution in [0.15, 0.2) is 12.1 Å². The first-order chi connectivity index (χ1) is 3.29. The quantitative estimate of drug-likeness (QED) is 0.454. The van der Waals surface area contributed by atoms with Crippen LogP contribution in [0.4, 0.5) is 0 Å². The zero-order chi connectivity index (χ0) is 5.28. The van der Waals surface area contributed by atoms with Crippen LogP contribution in [0.5, 0.6) is 0 Å². The summed E-state index contributed by atoms with van der Waals surface area (Å²) in [4.78, 5) is 0. The maximum atomic E-state index is 5.39. The van der Waals surface area contributed by atoms with Gasteiger partial charge >= 0.3 is 0 Å². The summed E-state index contributed by atoms with van der Waals surface area (Å²) in [6.45, 7) is 0. The van der Waals surface area contributed by atoms with Gasteiger partial charge in [0.15, 0.2) is 0 Å². The number of hydrogen-bond acceptors (Lipinski definition) is 1. The van der Waals surface area contributed by atoms with Gasteiger partial charge in [0.05, 0.1) is 2.88 Å². The smallest absolute Gasteiger partial charge is 0.128 e. The topological polar surface area (TPSA) is 0 Å². The second kappa shape index (κ2) is 2.18. The summed E-state index contributed by atoms with van der Waals surface area (Å²) in [5, 5.41) is 0. The molecule has 0 saturated heterocycles. The minimum Gasteiger partial charge on any atom is -0.146 e. The van der Waals surface area contributed by atoms with E-state index in [0.717, 1.165) is 4.78 Å². The van der Waals surface area contributed by atoms with Gasteiger partial charge in [-0.3, -0.25) is 0 Å². The molecule has 7 heavy (non-hydrogen) atoms. The van der Waals surface area contributed by atoms with Crippen LogP contribution in [0.1, 0.15) is 0 Å². The van der Waals surface area contributed by atoms with Crippen LogP contribution in [-0.2, 0) is 0 Å². The Bertz CT molecular complexity index is 144. The molecule has 1 heterocycles. The van der Waals surface area contributed by atoms with Gasteiger partial charge in [0, 0.05) is 0 Å². The van der Waals surface area contributed by atoms with Gasteiger partial charge in [-0.1, -0.05) is 6.07 Å². The van der Waals surface area contributed by atoms with Crippen molar-refractivity contribution in [3.05, 3.63) is 15.0 Å². The zero-order valence-corrected chi connectivity index (χ0v) is 6.49. The Morgan fingerprint density at radius 3 is 2.43 bits per heavy atom. The molecule has 0 aliphatic carbocycles. The summed E-state index contributed by atoms with van der Waals surface area (Å²) in [5.74, 6) is 0. The third-order valence-corrected chi connectivity index (χ3v) is 2.32. The van der Waals surface area contributed by atoms with E-state index in [4.69, 9.17) is 7.85 Å². The van der Waals surface area contributed by atoms with Gasteiger partial charge in [0.25, 0.3) is 0 Å². The lowest BCUT2D eigenvalue weighted by Gasteiger charge is -1.70. The van der Waals surface area contributed by atoms with Crippen LogP contribution in [0, 0.1) is 2.88 Å². The highest BCUT2D eigenvalue weighted by atomic mass is 127. The van der Waals surface area contributed by atoms with E-state index in [1.54, 1.807) is 11.3 Å². The van der Waals surface area contributed by atoms with Crippen molar-refractivity contribution in [2.75, 3.05) is 0 Å². The van der Waals surface area contributed by atoms with Gasteiger partial charge < -0.3 is 0 Å². The van der Waals surface area contributed by atoms with E-state index in [-0.39, 0.29) is 0 Å². The number of halogens is 1. The van der Waals surface area contributed by atoms with Crippen LogP contribution in [0.25, 0.3) is 0 Å². The molecule has 3 heteroatoms. The maximum Gasteiger partial charge on any atom is 0.128 e. The predicted octanol–water partition coefficient (Wildman–Crippen LogP) is 1.15. The maximum absolute atomic E-state index is 5.39.